The Morgan fingerprint density at radius 2 is 2.29 bits per heavy atom. The molecule has 0 unspecified atom stereocenters. The van der Waals surface area contributed by atoms with Crippen LogP contribution in [0, 0.1) is 0 Å². The first-order valence-corrected chi connectivity index (χ1v) is 4.65. The Morgan fingerprint density at radius 3 is 2.93 bits per heavy atom. The first-order valence-electron chi connectivity index (χ1n) is 4.65. The van der Waals surface area contributed by atoms with E-state index < -0.39 is 0 Å². The molecule has 2 aromatic rings. The molecule has 0 radical (unpaired) electrons. The lowest BCUT2D eigenvalue weighted by molar-refractivity contribution is 0.263. The summed E-state index contributed by atoms with van der Waals surface area (Å²) in [5.74, 6) is 0.697. The Kier molecular flexibility index (Phi) is 2.21. The SMILES string of the molecule is CC(C)n1c(CO)nc2cnccc21. The average molecular weight is 191 g/mol. The maximum atomic E-state index is 9.16. The van der Waals surface area contributed by atoms with Crippen molar-refractivity contribution in [3.8, 4) is 0 Å². The predicted octanol–water partition coefficient (Wildman–Crippen LogP) is 1.50. The van der Waals surface area contributed by atoms with Crippen molar-refractivity contribution >= 4 is 11.0 Å². The van der Waals surface area contributed by atoms with Crippen molar-refractivity contribution in [2.24, 2.45) is 0 Å². The molecule has 0 aliphatic rings. The van der Waals surface area contributed by atoms with Crippen LogP contribution in [0.25, 0.3) is 11.0 Å². The number of imidazole rings is 1. The summed E-state index contributed by atoms with van der Waals surface area (Å²) in [4.78, 5) is 8.31. The van der Waals surface area contributed by atoms with Gasteiger partial charge in [0.25, 0.3) is 0 Å². The second kappa shape index (κ2) is 3.38. The highest BCUT2D eigenvalue weighted by Crippen LogP contribution is 2.19. The van der Waals surface area contributed by atoms with E-state index in [2.05, 4.69) is 23.8 Å². The molecule has 2 rings (SSSR count). The maximum Gasteiger partial charge on any atom is 0.136 e. The number of nitrogens with zero attached hydrogens (tertiary/aromatic N) is 3. The van der Waals surface area contributed by atoms with Crippen molar-refractivity contribution < 1.29 is 5.11 Å². The number of fused-ring (bicyclic) bond motifs is 1. The Bertz CT molecular complexity index is 448. The van der Waals surface area contributed by atoms with E-state index in [1.165, 1.54) is 0 Å². The van der Waals surface area contributed by atoms with E-state index in [0.717, 1.165) is 11.0 Å². The van der Waals surface area contributed by atoms with E-state index in [9.17, 15) is 0 Å². The smallest absolute Gasteiger partial charge is 0.136 e. The maximum absolute atomic E-state index is 9.16. The monoisotopic (exact) mass is 191 g/mol. The van der Waals surface area contributed by atoms with E-state index in [0.29, 0.717) is 11.9 Å². The summed E-state index contributed by atoms with van der Waals surface area (Å²) < 4.78 is 2.02. The fourth-order valence-electron chi connectivity index (χ4n) is 1.69. The van der Waals surface area contributed by atoms with E-state index in [1.54, 1.807) is 12.4 Å². The van der Waals surface area contributed by atoms with Crippen molar-refractivity contribution in [1.82, 2.24) is 14.5 Å². The van der Waals surface area contributed by atoms with Gasteiger partial charge in [-0.05, 0) is 19.9 Å². The molecule has 0 bridgehead atoms. The lowest BCUT2D eigenvalue weighted by Crippen LogP contribution is -2.05. The summed E-state index contributed by atoms with van der Waals surface area (Å²) in [5, 5.41) is 9.16. The second-order valence-electron chi connectivity index (χ2n) is 3.51. The van der Waals surface area contributed by atoms with Gasteiger partial charge in [0.15, 0.2) is 0 Å². The minimum atomic E-state index is -0.0349. The third kappa shape index (κ3) is 1.28. The fraction of sp³-hybridized carbons (Fsp3) is 0.400. The van der Waals surface area contributed by atoms with E-state index in [4.69, 9.17) is 5.11 Å². The van der Waals surface area contributed by atoms with Gasteiger partial charge in [0.1, 0.15) is 17.9 Å². The van der Waals surface area contributed by atoms with Gasteiger partial charge < -0.3 is 9.67 Å². The molecule has 0 aliphatic heterocycles. The minimum Gasteiger partial charge on any atom is -0.388 e. The van der Waals surface area contributed by atoms with Gasteiger partial charge in [-0.3, -0.25) is 4.98 Å². The highest BCUT2D eigenvalue weighted by molar-refractivity contribution is 5.74. The largest absolute Gasteiger partial charge is 0.388 e. The lowest BCUT2D eigenvalue weighted by atomic mass is 10.3. The van der Waals surface area contributed by atoms with Gasteiger partial charge in [-0.1, -0.05) is 0 Å². The summed E-state index contributed by atoms with van der Waals surface area (Å²) in [7, 11) is 0. The van der Waals surface area contributed by atoms with Crippen LogP contribution in [0.1, 0.15) is 25.7 Å². The normalized spacial score (nSPS) is 11.4. The molecule has 1 N–H and O–H groups in total. The lowest BCUT2D eigenvalue weighted by Gasteiger charge is -2.11. The van der Waals surface area contributed by atoms with E-state index >= 15 is 0 Å². The van der Waals surface area contributed by atoms with Crippen molar-refractivity contribution in [2.45, 2.75) is 26.5 Å². The van der Waals surface area contributed by atoms with Crippen LogP contribution in [0.2, 0.25) is 0 Å². The van der Waals surface area contributed by atoms with Gasteiger partial charge in [0.2, 0.25) is 0 Å². The van der Waals surface area contributed by atoms with Gasteiger partial charge >= 0.3 is 0 Å². The van der Waals surface area contributed by atoms with Gasteiger partial charge in [-0.2, -0.15) is 0 Å². The Hall–Kier alpha value is -1.42. The summed E-state index contributed by atoms with van der Waals surface area (Å²) in [5.41, 5.74) is 1.87. The summed E-state index contributed by atoms with van der Waals surface area (Å²) >= 11 is 0. The third-order valence-corrected chi connectivity index (χ3v) is 2.22. The predicted molar refractivity (Wildman–Crippen MR) is 53.8 cm³/mol. The number of aromatic nitrogens is 3. The molecule has 14 heavy (non-hydrogen) atoms. The first-order chi connectivity index (χ1) is 6.74. The molecule has 0 fully saturated rings. The number of rotatable bonds is 2. The molecule has 0 saturated heterocycles. The number of hydrogen-bond acceptors (Lipinski definition) is 3. The van der Waals surface area contributed by atoms with Gasteiger partial charge in [0.05, 0.1) is 11.7 Å². The molecular formula is C10H13N3O. The fourth-order valence-corrected chi connectivity index (χ4v) is 1.69. The van der Waals surface area contributed by atoms with Gasteiger partial charge in [-0.25, -0.2) is 4.98 Å². The average Bonchev–Trinajstić information content (AvgIpc) is 2.55. The van der Waals surface area contributed by atoms with Gasteiger partial charge in [-0.15, -0.1) is 0 Å². The molecule has 0 atom stereocenters. The number of aliphatic hydroxyl groups excluding tert-OH is 1. The van der Waals surface area contributed by atoms with Crippen LogP contribution in [0.3, 0.4) is 0 Å². The van der Waals surface area contributed by atoms with Crippen molar-refractivity contribution in [2.75, 3.05) is 0 Å². The highest BCUT2D eigenvalue weighted by Gasteiger charge is 2.11. The molecule has 0 aromatic carbocycles. The van der Waals surface area contributed by atoms with E-state index in [-0.39, 0.29) is 6.61 Å². The van der Waals surface area contributed by atoms with Gasteiger partial charge in [0, 0.05) is 12.2 Å². The molecule has 0 spiro atoms. The number of hydrogen-bond donors (Lipinski definition) is 1. The van der Waals surface area contributed by atoms with Crippen LogP contribution < -0.4 is 0 Å². The van der Waals surface area contributed by atoms with Crippen LogP contribution in [-0.2, 0) is 6.61 Å². The Balaban J connectivity index is 2.74. The standard InChI is InChI=1S/C10H13N3O/c1-7(2)13-9-3-4-11-5-8(9)12-10(13)6-14/h3-5,7,14H,6H2,1-2H3. The third-order valence-electron chi connectivity index (χ3n) is 2.22. The highest BCUT2D eigenvalue weighted by atomic mass is 16.3. The molecular weight excluding hydrogens is 178 g/mol. The quantitative estimate of drug-likeness (QED) is 0.782. The minimum absolute atomic E-state index is 0.0349. The molecule has 74 valence electrons. The van der Waals surface area contributed by atoms with Crippen molar-refractivity contribution in [3.05, 3.63) is 24.3 Å². The molecule has 0 aliphatic carbocycles. The van der Waals surface area contributed by atoms with Crippen LogP contribution in [0.4, 0.5) is 0 Å². The van der Waals surface area contributed by atoms with E-state index in [1.807, 2.05) is 10.6 Å². The van der Waals surface area contributed by atoms with Crippen LogP contribution >= 0.6 is 0 Å². The second-order valence-corrected chi connectivity index (χ2v) is 3.51. The van der Waals surface area contributed by atoms with Crippen LogP contribution in [0.5, 0.6) is 0 Å². The number of pyridine rings is 1. The van der Waals surface area contributed by atoms with Crippen molar-refractivity contribution in [3.63, 3.8) is 0 Å². The zero-order chi connectivity index (χ0) is 10.1. The topological polar surface area (TPSA) is 50.9 Å². The Labute approximate surface area is 82.2 Å². The number of aliphatic hydroxyl groups is 1. The Morgan fingerprint density at radius 1 is 1.50 bits per heavy atom. The summed E-state index contributed by atoms with van der Waals surface area (Å²) in [6.07, 6.45) is 3.46. The van der Waals surface area contributed by atoms with Crippen LogP contribution in [-0.4, -0.2) is 19.6 Å². The molecule has 4 heteroatoms. The van der Waals surface area contributed by atoms with Crippen LogP contribution in [0.15, 0.2) is 18.5 Å². The zero-order valence-electron chi connectivity index (χ0n) is 8.31. The zero-order valence-corrected chi connectivity index (χ0v) is 8.31. The first kappa shape index (κ1) is 9.15. The summed E-state index contributed by atoms with van der Waals surface area (Å²) in [6, 6.07) is 2.21. The molecule has 0 saturated carbocycles. The molecule has 2 heterocycles. The molecule has 4 nitrogen and oxygen atoms in total. The van der Waals surface area contributed by atoms with Crippen molar-refractivity contribution in [1.29, 1.82) is 0 Å². The molecule has 0 amide bonds. The summed E-state index contributed by atoms with van der Waals surface area (Å²) in [6.45, 7) is 4.11. The molecule has 2 aromatic heterocycles.